The zero-order valence-corrected chi connectivity index (χ0v) is 12.5. The van der Waals surface area contributed by atoms with Crippen molar-refractivity contribution in [2.75, 3.05) is 5.73 Å². The molecule has 0 saturated carbocycles. The van der Waals surface area contributed by atoms with Crippen LogP contribution in [0.5, 0.6) is 0 Å². The van der Waals surface area contributed by atoms with Crippen LogP contribution < -0.4 is 11.1 Å². The topological polar surface area (TPSA) is 68.0 Å². The molecule has 1 atom stereocenters. The Kier molecular flexibility index (Phi) is 4.86. The maximum absolute atomic E-state index is 12.3. The summed E-state index contributed by atoms with van der Waals surface area (Å²) in [5, 5.41) is 2.32. The lowest BCUT2D eigenvalue weighted by Gasteiger charge is -2.20. The van der Waals surface area contributed by atoms with E-state index in [2.05, 4.69) is 10.3 Å². The average Bonchev–Trinajstić information content (AvgIpc) is 2.23. The summed E-state index contributed by atoms with van der Waals surface area (Å²) in [5.41, 5.74) is 6.16. The Labute approximate surface area is 121 Å². The second kappa shape index (κ2) is 5.91. The quantitative estimate of drug-likeness (QED) is 0.902. The molecule has 3 N–H and O–H groups in total. The third kappa shape index (κ3) is 5.61. The summed E-state index contributed by atoms with van der Waals surface area (Å²) in [5.74, 6) is -0.428. The molecule has 1 unspecified atom stereocenters. The van der Waals surface area contributed by atoms with Crippen molar-refractivity contribution < 1.29 is 18.0 Å². The van der Waals surface area contributed by atoms with Gasteiger partial charge in [-0.1, -0.05) is 20.8 Å². The number of alkyl halides is 3. The van der Waals surface area contributed by atoms with Gasteiger partial charge in [0.05, 0.1) is 6.42 Å². The summed E-state index contributed by atoms with van der Waals surface area (Å²) in [6.45, 7) is 7.02. The highest BCUT2D eigenvalue weighted by Crippen LogP contribution is 2.23. The highest BCUT2D eigenvalue weighted by Gasteiger charge is 2.30. The molecule has 1 aromatic heterocycles. The highest BCUT2D eigenvalue weighted by molar-refractivity contribution is 5.95. The molecule has 0 bridgehead atoms. The van der Waals surface area contributed by atoms with Crippen LogP contribution in [0.15, 0.2) is 12.1 Å². The number of pyridine rings is 1. The molecule has 1 aromatic rings. The van der Waals surface area contributed by atoms with E-state index < -0.39 is 24.5 Å². The molecule has 0 saturated heterocycles. The molecule has 7 heteroatoms. The van der Waals surface area contributed by atoms with E-state index in [1.807, 2.05) is 20.8 Å². The zero-order valence-electron chi connectivity index (χ0n) is 12.5. The zero-order chi connectivity index (χ0) is 16.4. The molecule has 0 aliphatic carbocycles. The predicted octanol–water partition coefficient (Wildman–Crippen LogP) is 3.03. The first kappa shape index (κ1) is 17.3. The molecule has 4 nitrogen and oxygen atoms in total. The van der Waals surface area contributed by atoms with Crippen molar-refractivity contribution in [2.45, 2.75) is 51.7 Å². The van der Waals surface area contributed by atoms with Crippen LogP contribution in [0.25, 0.3) is 0 Å². The maximum Gasteiger partial charge on any atom is 0.391 e. The molecule has 0 fully saturated rings. The predicted molar refractivity (Wildman–Crippen MR) is 74.9 cm³/mol. The molecule has 0 aliphatic rings. The fourth-order valence-corrected chi connectivity index (χ4v) is 1.77. The first-order valence-electron chi connectivity index (χ1n) is 6.54. The van der Waals surface area contributed by atoms with Crippen LogP contribution in [-0.4, -0.2) is 23.1 Å². The van der Waals surface area contributed by atoms with E-state index in [1.54, 1.807) is 6.07 Å². The summed E-state index contributed by atoms with van der Waals surface area (Å²) in [7, 11) is 0. The summed E-state index contributed by atoms with van der Waals surface area (Å²) in [6.07, 6.45) is -5.40. The van der Waals surface area contributed by atoms with E-state index in [0.29, 0.717) is 5.69 Å². The number of nitrogens with one attached hydrogen (secondary N) is 1. The summed E-state index contributed by atoms with van der Waals surface area (Å²) < 4.78 is 36.8. The number of nitrogen functional groups attached to an aromatic ring is 1. The van der Waals surface area contributed by atoms with Gasteiger partial charge in [0, 0.05) is 22.7 Å². The largest absolute Gasteiger partial charge is 0.391 e. The van der Waals surface area contributed by atoms with Gasteiger partial charge in [-0.2, -0.15) is 13.2 Å². The number of aromatic nitrogens is 1. The number of nitrogens with zero attached hydrogens (tertiary/aromatic N) is 1. The fourth-order valence-electron chi connectivity index (χ4n) is 1.77. The Hall–Kier alpha value is -1.79. The lowest BCUT2D eigenvalue weighted by Crippen LogP contribution is -2.36. The SMILES string of the molecule is CC(CC(F)(F)F)NC(=O)c1cc(N)nc(C(C)(C)C)c1. The Morgan fingerprint density at radius 3 is 2.38 bits per heavy atom. The Balaban J connectivity index is 2.91. The minimum absolute atomic E-state index is 0.163. The van der Waals surface area contributed by atoms with E-state index in [1.165, 1.54) is 13.0 Å². The number of rotatable bonds is 3. The van der Waals surface area contributed by atoms with Gasteiger partial charge in [-0.25, -0.2) is 4.98 Å². The lowest BCUT2D eigenvalue weighted by molar-refractivity contribution is -0.138. The molecular weight excluding hydrogens is 283 g/mol. The first-order valence-corrected chi connectivity index (χ1v) is 6.54. The molecule has 1 heterocycles. The monoisotopic (exact) mass is 303 g/mol. The molecule has 21 heavy (non-hydrogen) atoms. The molecule has 0 spiro atoms. The molecule has 0 aliphatic heterocycles. The van der Waals surface area contributed by atoms with Gasteiger partial charge in [0.15, 0.2) is 0 Å². The van der Waals surface area contributed by atoms with Crippen LogP contribution in [0.2, 0.25) is 0 Å². The third-order valence-corrected chi connectivity index (χ3v) is 2.79. The van der Waals surface area contributed by atoms with Gasteiger partial charge in [-0.05, 0) is 19.1 Å². The van der Waals surface area contributed by atoms with E-state index in [0.717, 1.165) is 0 Å². The number of halogens is 3. The van der Waals surface area contributed by atoms with Crippen molar-refractivity contribution in [3.8, 4) is 0 Å². The van der Waals surface area contributed by atoms with Crippen molar-refractivity contribution in [1.29, 1.82) is 0 Å². The van der Waals surface area contributed by atoms with Crippen molar-refractivity contribution in [2.24, 2.45) is 0 Å². The van der Waals surface area contributed by atoms with Crippen molar-refractivity contribution in [1.82, 2.24) is 10.3 Å². The molecular formula is C14H20F3N3O. The molecule has 1 rings (SSSR count). The number of amides is 1. The van der Waals surface area contributed by atoms with Crippen LogP contribution in [0.1, 0.15) is 50.2 Å². The number of carbonyl (C=O) groups excluding carboxylic acids is 1. The minimum atomic E-state index is -4.32. The standard InChI is InChI=1S/C14H20F3N3O/c1-8(7-14(15,16)17)19-12(21)9-5-10(13(2,3)4)20-11(18)6-9/h5-6,8H,7H2,1-4H3,(H2,18,20)(H,19,21). The number of hydrogen-bond donors (Lipinski definition) is 2. The van der Waals surface area contributed by atoms with Gasteiger partial charge in [-0.3, -0.25) is 4.79 Å². The van der Waals surface area contributed by atoms with Crippen molar-refractivity contribution in [3.63, 3.8) is 0 Å². The van der Waals surface area contributed by atoms with Crippen LogP contribution in [0, 0.1) is 0 Å². The molecule has 1 amide bonds. The number of nitrogens with two attached hydrogens (primary N) is 1. The molecule has 118 valence electrons. The average molecular weight is 303 g/mol. The number of carbonyl (C=O) groups is 1. The normalized spacial score (nSPS) is 13.9. The van der Waals surface area contributed by atoms with Gasteiger partial charge in [0.2, 0.25) is 0 Å². The van der Waals surface area contributed by atoms with Crippen LogP contribution in [-0.2, 0) is 5.41 Å². The van der Waals surface area contributed by atoms with Crippen molar-refractivity contribution >= 4 is 11.7 Å². The van der Waals surface area contributed by atoms with Gasteiger partial charge < -0.3 is 11.1 Å². The van der Waals surface area contributed by atoms with Gasteiger partial charge in [0.25, 0.3) is 5.91 Å². The van der Waals surface area contributed by atoms with Crippen molar-refractivity contribution in [3.05, 3.63) is 23.4 Å². The maximum atomic E-state index is 12.3. The van der Waals surface area contributed by atoms with E-state index in [-0.39, 0.29) is 16.8 Å². The van der Waals surface area contributed by atoms with E-state index in [4.69, 9.17) is 5.73 Å². The molecule has 0 aromatic carbocycles. The lowest BCUT2D eigenvalue weighted by atomic mass is 9.90. The van der Waals surface area contributed by atoms with Crippen LogP contribution >= 0.6 is 0 Å². The Bertz CT molecular complexity index is 521. The first-order chi connectivity index (χ1) is 9.38. The minimum Gasteiger partial charge on any atom is -0.384 e. The fraction of sp³-hybridized carbons (Fsp3) is 0.571. The number of hydrogen-bond acceptors (Lipinski definition) is 3. The van der Waals surface area contributed by atoms with Gasteiger partial charge >= 0.3 is 6.18 Å². The second-order valence-corrected chi connectivity index (χ2v) is 6.11. The van der Waals surface area contributed by atoms with Gasteiger partial charge in [0.1, 0.15) is 5.82 Å². The number of anilines is 1. The van der Waals surface area contributed by atoms with Crippen LogP contribution in [0.4, 0.5) is 19.0 Å². The molecule has 0 radical (unpaired) electrons. The highest BCUT2D eigenvalue weighted by atomic mass is 19.4. The smallest absolute Gasteiger partial charge is 0.384 e. The summed E-state index contributed by atoms with van der Waals surface area (Å²) >= 11 is 0. The summed E-state index contributed by atoms with van der Waals surface area (Å²) in [6, 6.07) is 1.89. The third-order valence-electron chi connectivity index (χ3n) is 2.79. The van der Waals surface area contributed by atoms with Gasteiger partial charge in [-0.15, -0.1) is 0 Å². The van der Waals surface area contributed by atoms with E-state index >= 15 is 0 Å². The Morgan fingerprint density at radius 2 is 1.90 bits per heavy atom. The Morgan fingerprint density at radius 1 is 1.33 bits per heavy atom. The second-order valence-electron chi connectivity index (χ2n) is 6.11. The van der Waals surface area contributed by atoms with Crippen LogP contribution in [0.3, 0.4) is 0 Å². The van der Waals surface area contributed by atoms with E-state index in [9.17, 15) is 18.0 Å². The summed E-state index contributed by atoms with van der Waals surface area (Å²) in [4.78, 5) is 16.2.